The van der Waals surface area contributed by atoms with Crippen LogP contribution >= 0.6 is 0 Å². The molecule has 0 spiro atoms. The maximum absolute atomic E-state index is 13.8. The molecule has 1 N–H and O–H groups in total. The third kappa shape index (κ3) is 5.75. The molecule has 1 saturated heterocycles. The number of piperazine rings is 1. The second kappa shape index (κ2) is 10.8. The summed E-state index contributed by atoms with van der Waals surface area (Å²) in [6.07, 6.45) is -1.47. The first-order valence-corrected chi connectivity index (χ1v) is 13.5. The van der Waals surface area contributed by atoms with Gasteiger partial charge in [0, 0.05) is 49.9 Å². The molecular weight excluding hydrogens is 510 g/mol. The fourth-order valence-corrected chi connectivity index (χ4v) is 6.43. The Morgan fingerprint density at radius 3 is 2.51 bits per heavy atom. The van der Waals surface area contributed by atoms with Gasteiger partial charge in [-0.05, 0) is 81.1 Å². The molecule has 1 aliphatic heterocycles. The zero-order chi connectivity index (χ0) is 27.8. The van der Waals surface area contributed by atoms with Crippen LogP contribution in [0.4, 0.5) is 28.0 Å². The molecule has 208 valence electrons. The van der Waals surface area contributed by atoms with Crippen molar-refractivity contribution >= 4 is 11.7 Å². The van der Waals surface area contributed by atoms with E-state index in [1.165, 1.54) is 5.56 Å². The van der Waals surface area contributed by atoms with Gasteiger partial charge in [-0.1, -0.05) is 12.1 Å². The van der Waals surface area contributed by atoms with Gasteiger partial charge >= 0.3 is 12.2 Å². The molecule has 10 heteroatoms. The van der Waals surface area contributed by atoms with E-state index in [2.05, 4.69) is 28.2 Å². The third-order valence-electron chi connectivity index (χ3n) is 8.73. The number of alkyl halides is 3. The summed E-state index contributed by atoms with van der Waals surface area (Å²) in [5, 5.41) is 11.8. The highest BCUT2D eigenvalue weighted by Crippen LogP contribution is 2.65. The molecule has 3 aliphatic rings. The summed E-state index contributed by atoms with van der Waals surface area (Å²) in [5.41, 5.74) is 0.257. The maximum Gasteiger partial charge on any atom is 0.419 e. The number of halogens is 4. The number of nitrogens with zero attached hydrogens (tertiary/aromatic N) is 4. The van der Waals surface area contributed by atoms with Crippen molar-refractivity contribution in [3.63, 3.8) is 0 Å². The van der Waals surface area contributed by atoms with E-state index >= 15 is 0 Å². The molecule has 2 aromatic carbocycles. The average Bonchev–Trinajstić information content (AvgIpc) is 3.54. The summed E-state index contributed by atoms with van der Waals surface area (Å²) in [5.74, 6) is -1.12. The number of fused-ring (bicyclic) bond motifs is 1. The first-order chi connectivity index (χ1) is 18.6. The smallest absolute Gasteiger partial charge is 0.321 e. The van der Waals surface area contributed by atoms with Gasteiger partial charge in [0.1, 0.15) is 5.82 Å². The van der Waals surface area contributed by atoms with Crippen LogP contribution in [0.5, 0.6) is 0 Å². The predicted octanol–water partition coefficient (Wildman–Crippen LogP) is 5.31. The number of rotatable bonds is 7. The highest BCUT2D eigenvalue weighted by Gasteiger charge is 2.64. The van der Waals surface area contributed by atoms with E-state index in [9.17, 15) is 22.4 Å². The summed E-state index contributed by atoms with van der Waals surface area (Å²) in [4.78, 5) is 20.0. The van der Waals surface area contributed by atoms with E-state index in [4.69, 9.17) is 5.26 Å². The first kappa shape index (κ1) is 27.4. The number of carbonyl (C=O) groups is 1. The number of anilines is 1. The Morgan fingerprint density at radius 2 is 1.87 bits per heavy atom. The molecule has 2 amide bonds. The van der Waals surface area contributed by atoms with Gasteiger partial charge in [-0.25, -0.2) is 9.18 Å². The Morgan fingerprint density at radius 1 is 1.15 bits per heavy atom. The lowest BCUT2D eigenvalue weighted by Crippen LogP contribution is -2.47. The molecule has 0 radical (unpaired) electrons. The zero-order valence-electron chi connectivity index (χ0n) is 22.0. The number of nitrogens with one attached hydrogen (secondary N) is 1. The molecule has 6 nitrogen and oxygen atoms in total. The first-order valence-electron chi connectivity index (χ1n) is 13.5. The van der Waals surface area contributed by atoms with Gasteiger partial charge in [-0.3, -0.25) is 0 Å². The SMILES string of the molecule is CN1CCN(CCCN(C(=O)Nc2ccc(F)c(C(F)(F)F)c2)[C@@H]2CCC3(c4ccc(C#N)cc4)CC23)CC1. The Balaban J connectivity index is 1.31. The predicted molar refractivity (Wildman–Crippen MR) is 140 cm³/mol. The Kier molecular flexibility index (Phi) is 7.57. The molecule has 2 aromatic rings. The lowest BCUT2D eigenvalue weighted by atomic mass is 9.93. The van der Waals surface area contributed by atoms with Crippen molar-refractivity contribution in [2.45, 2.75) is 43.3 Å². The second-order valence-corrected chi connectivity index (χ2v) is 11.1. The Hall–Kier alpha value is -3.16. The molecule has 0 aromatic heterocycles. The van der Waals surface area contributed by atoms with E-state index in [1.54, 1.807) is 4.90 Å². The summed E-state index contributed by atoms with van der Waals surface area (Å²) >= 11 is 0. The van der Waals surface area contributed by atoms with Crippen LogP contribution in [0, 0.1) is 23.1 Å². The van der Waals surface area contributed by atoms with Gasteiger partial charge in [0.2, 0.25) is 0 Å². The lowest BCUT2D eigenvalue weighted by Gasteiger charge is -2.34. The minimum absolute atomic E-state index is 0.0338. The monoisotopic (exact) mass is 543 g/mol. The quantitative estimate of drug-likeness (QED) is 0.481. The molecule has 1 heterocycles. The highest BCUT2D eigenvalue weighted by molar-refractivity contribution is 5.89. The van der Waals surface area contributed by atoms with Gasteiger partial charge < -0.3 is 20.0 Å². The topological polar surface area (TPSA) is 62.6 Å². The number of hydrogen-bond acceptors (Lipinski definition) is 4. The van der Waals surface area contributed by atoms with Crippen LogP contribution in [0.1, 0.15) is 42.4 Å². The molecule has 2 saturated carbocycles. The van der Waals surface area contributed by atoms with Crippen LogP contribution in [0.2, 0.25) is 0 Å². The summed E-state index contributed by atoms with van der Waals surface area (Å²) in [6.45, 7) is 5.24. The van der Waals surface area contributed by atoms with Gasteiger partial charge in [0.15, 0.2) is 0 Å². The summed E-state index contributed by atoms with van der Waals surface area (Å²) in [6, 6.07) is 11.8. The van der Waals surface area contributed by atoms with Crippen LogP contribution in [-0.4, -0.2) is 73.1 Å². The number of likely N-dealkylation sites (N-methyl/N-ethyl adjacent to an activating group) is 1. The van der Waals surface area contributed by atoms with Crippen molar-refractivity contribution in [2.24, 2.45) is 5.92 Å². The minimum Gasteiger partial charge on any atom is -0.321 e. The zero-order valence-corrected chi connectivity index (χ0v) is 22.0. The molecule has 5 rings (SSSR count). The molecular formula is C29H33F4N5O. The average molecular weight is 544 g/mol. The number of nitriles is 1. The largest absolute Gasteiger partial charge is 0.419 e. The van der Waals surface area contributed by atoms with Crippen LogP contribution < -0.4 is 5.32 Å². The number of carbonyl (C=O) groups excluding carboxylic acids is 1. The standard InChI is InChI=1S/C29H33F4N5O/c1-36-13-15-37(16-14-36)11-2-12-38(27(39)35-22-7-8-25(30)23(17-22)29(31,32)33)26-9-10-28(18-24(26)28)21-5-3-20(19-34)4-6-21/h3-8,17,24,26H,2,9-16,18H2,1H3,(H,35,39)/t24?,26-,28?/m1/s1. The van der Waals surface area contributed by atoms with Crippen molar-refractivity contribution in [3.05, 3.63) is 65.0 Å². The number of urea groups is 1. The van der Waals surface area contributed by atoms with Gasteiger partial charge in [0.05, 0.1) is 17.2 Å². The van der Waals surface area contributed by atoms with Gasteiger partial charge in [0.25, 0.3) is 0 Å². The van der Waals surface area contributed by atoms with E-state index in [-0.39, 0.29) is 23.1 Å². The van der Waals surface area contributed by atoms with Crippen molar-refractivity contribution in [1.29, 1.82) is 5.26 Å². The van der Waals surface area contributed by atoms with Gasteiger partial charge in [-0.15, -0.1) is 0 Å². The van der Waals surface area contributed by atoms with E-state index < -0.39 is 23.6 Å². The number of benzene rings is 2. The highest BCUT2D eigenvalue weighted by atomic mass is 19.4. The molecule has 2 aliphatic carbocycles. The Labute approximate surface area is 226 Å². The third-order valence-corrected chi connectivity index (χ3v) is 8.73. The van der Waals surface area contributed by atoms with Crippen LogP contribution in [0.25, 0.3) is 0 Å². The summed E-state index contributed by atoms with van der Waals surface area (Å²) < 4.78 is 53.6. The molecule has 0 bridgehead atoms. The maximum atomic E-state index is 13.8. The van der Waals surface area contributed by atoms with Crippen molar-refractivity contribution < 1.29 is 22.4 Å². The molecule has 3 fully saturated rings. The second-order valence-electron chi connectivity index (χ2n) is 11.1. The number of amides is 2. The van der Waals surface area contributed by atoms with Crippen molar-refractivity contribution in [3.8, 4) is 6.07 Å². The summed E-state index contributed by atoms with van der Waals surface area (Å²) in [7, 11) is 2.10. The van der Waals surface area contributed by atoms with Crippen molar-refractivity contribution in [2.75, 3.05) is 51.6 Å². The van der Waals surface area contributed by atoms with E-state index in [0.29, 0.717) is 18.2 Å². The van der Waals surface area contributed by atoms with Crippen LogP contribution in [0.15, 0.2) is 42.5 Å². The fraction of sp³-hybridized carbons (Fsp3) is 0.517. The van der Waals surface area contributed by atoms with E-state index in [1.807, 2.05) is 24.3 Å². The minimum atomic E-state index is -4.85. The van der Waals surface area contributed by atoms with Gasteiger partial charge in [-0.2, -0.15) is 18.4 Å². The molecule has 3 atom stereocenters. The fourth-order valence-electron chi connectivity index (χ4n) is 6.43. The van der Waals surface area contributed by atoms with Crippen molar-refractivity contribution in [1.82, 2.24) is 14.7 Å². The lowest BCUT2D eigenvalue weighted by molar-refractivity contribution is -0.139. The normalized spacial score (nSPS) is 25.1. The molecule has 39 heavy (non-hydrogen) atoms. The Bertz CT molecular complexity index is 1240. The van der Waals surface area contributed by atoms with E-state index in [0.717, 1.165) is 70.5 Å². The van der Waals surface area contributed by atoms with Crippen LogP contribution in [0.3, 0.4) is 0 Å². The number of hydrogen-bond donors (Lipinski definition) is 1. The van der Waals surface area contributed by atoms with Crippen LogP contribution in [-0.2, 0) is 11.6 Å². The molecule has 2 unspecified atom stereocenters.